The average molecular weight is 249 g/mol. The molecule has 0 amide bonds. The largest absolute Gasteiger partial charge is 0.496 e. The number of alkyl halides is 3. The Kier molecular flexibility index (Phi) is 3.87. The molecule has 0 aliphatic heterocycles. The van der Waals surface area contributed by atoms with E-state index in [1.807, 2.05) is 0 Å². The van der Waals surface area contributed by atoms with Crippen molar-refractivity contribution in [2.24, 2.45) is 5.73 Å². The molecule has 0 spiro atoms. The Morgan fingerprint density at radius 2 is 1.53 bits per heavy atom. The van der Waals surface area contributed by atoms with Crippen molar-refractivity contribution >= 4 is 0 Å². The Morgan fingerprint density at radius 3 is 1.82 bits per heavy atom. The monoisotopic (exact) mass is 249 g/mol. The van der Waals surface area contributed by atoms with Gasteiger partial charge in [-0.1, -0.05) is 0 Å². The number of rotatable bonds is 3. The van der Waals surface area contributed by atoms with E-state index in [0.29, 0.717) is 0 Å². The lowest BCUT2D eigenvalue weighted by Gasteiger charge is -2.21. The minimum atomic E-state index is -4.55. The number of aryl methyl sites for hydroxylation is 1. The molecule has 2 N–H and O–H groups in total. The molecule has 0 saturated carbocycles. The fraction of sp³-hybridized carbons (Fsp3) is 0.455. The van der Waals surface area contributed by atoms with Crippen molar-refractivity contribution < 1.29 is 22.6 Å². The van der Waals surface area contributed by atoms with Gasteiger partial charge in [0.05, 0.1) is 19.8 Å². The number of hydrogen-bond donors (Lipinski definition) is 1. The van der Waals surface area contributed by atoms with Crippen molar-refractivity contribution in [2.75, 3.05) is 14.2 Å². The number of ether oxygens (including phenoxy) is 2. The van der Waals surface area contributed by atoms with Crippen molar-refractivity contribution in [3.8, 4) is 11.5 Å². The Labute approximate surface area is 97.3 Å². The van der Waals surface area contributed by atoms with Crippen molar-refractivity contribution in [3.63, 3.8) is 0 Å². The number of benzene rings is 1. The summed E-state index contributed by atoms with van der Waals surface area (Å²) in [6.07, 6.45) is -4.55. The SMILES string of the molecule is COc1cc(C)cc(OC)c1C(N)C(F)(F)F. The molecule has 0 fully saturated rings. The van der Waals surface area contributed by atoms with E-state index < -0.39 is 12.2 Å². The second-order valence-electron chi connectivity index (χ2n) is 3.60. The van der Waals surface area contributed by atoms with Gasteiger partial charge in [0.15, 0.2) is 0 Å². The van der Waals surface area contributed by atoms with Crippen LogP contribution in [0.4, 0.5) is 13.2 Å². The zero-order chi connectivity index (χ0) is 13.2. The molecule has 1 atom stereocenters. The van der Waals surface area contributed by atoms with E-state index in [0.717, 1.165) is 5.56 Å². The Balaban J connectivity index is 3.38. The molecule has 1 unspecified atom stereocenters. The third kappa shape index (κ3) is 2.82. The van der Waals surface area contributed by atoms with Gasteiger partial charge in [0, 0.05) is 0 Å². The van der Waals surface area contributed by atoms with Crippen LogP contribution in [-0.2, 0) is 0 Å². The molecule has 0 bridgehead atoms. The summed E-state index contributed by atoms with van der Waals surface area (Å²) in [6, 6.07) is 0.848. The number of hydrogen-bond acceptors (Lipinski definition) is 3. The van der Waals surface area contributed by atoms with Crippen molar-refractivity contribution in [1.29, 1.82) is 0 Å². The normalized spacial score (nSPS) is 13.4. The molecule has 1 aromatic carbocycles. The molecular formula is C11H14F3NO2. The zero-order valence-corrected chi connectivity index (χ0v) is 9.76. The first-order valence-corrected chi connectivity index (χ1v) is 4.86. The van der Waals surface area contributed by atoms with Crippen LogP contribution in [0.15, 0.2) is 12.1 Å². The molecule has 3 nitrogen and oxygen atoms in total. The van der Waals surface area contributed by atoms with Crippen LogP contribution < -0.4 is 15.2 Å². The summed E-state index contributed by atoms with van der Waals surface area (Å²) in [7, 11) is 2.58. The summed E-state index contributed by atoms with van der Waals surface area (Å²) in [5, 5.41) is 0. The lowest BCUT2D eigenvalue weighted by Crippen LogP contribution is -2.29. The zero-order valence-electron chi connectivity index (χ0n) is 9.76. The van der Waals surface area contributed by atoms with E-state index in [4.69, 9.17) is 15.2 Å². The fourth-order valence-electron chi connectivity index (χ4n) is 1.54. The van der Waals surface area contributed by atoms with Crippen LogP contribution in [0.5, 0.6) is 11.5 Å². The highest BCUT2D eigenvalue weighted by Crippen LogP contribution is 2.41. The van der Waals surface area contributed by atoms with Gasteiger partial charge in [-0.3, -0.25) is 0 Å². The van der Waals surface area contributed by atoms with E-state index >= 15 is 0 Å². The molecule has 96 valence electrons. The van der Waals surface area contributed by atoms with Crippen molar-refractivity contribution in [3.05, 3.63) is 23.3 Å². The van der Waals surface area contributed by atoms with Gasteiger partial charge in [-0.25, -0.2) is 0 Å². The smallest absolute Gasteiger partial charge is 0.407 e. The molecule has 0 aliphatic carbocycles. The molecule has 0 saturated heterocycles. The lowest BCUT2D eigenvalue weighted by molar-refractivity contribution is -0.149. The van der Waals surface area contributed by atoms with Crippen LogP contribution in [0.3, 0.4) is 0 Å². The number of methoxy groups -OCH3 is 2. The minimum absolute atomic E-state index is 0.0756. The van der Waals surface area contributed by atoms with E-state index in [1.54, 1.807) is 6.92 Å². The first-order chi connectivity index (χ1) is 7.81. The van der Waals surface area contributed by atoms with Gasteiger partial charge in [-0.2, -0.15) is 13.2 Å². The molecular weight excluding hydrogens is 235 g/mol. The maximum atomic E-state index is 12.6. The first-order valence-electron chi connectivity index (χ1n) is 4.86. The molecule has 0 aliphatic rings. The molecule has 0 aromatic heterocycles. The molecule has 0 heterocycles. The van der Waals surface area contributed by atoms with Gasteiger partial charge in [0.1, 0.15) is 17.5 Å². The predicted octanol–water partition coefficient (Wildman–Crippen LogP) is 2.57. The summed E-state index contributed by atoms with van der Waals surface area (Å²) in [5.74, 6) is 0.151. The van der Waals surface area contributed by atoms with Crippen LogP contribution >= 0.6 is 0 Å². The van der Waals surface area contributed by atoms with Crippen LogP contribution in [-0.4, -0.2) is 20.4 Å². The van der Waals surface area contributed by atoms with E-state index in [2.05, 4.69) is 0 Å². The molecule has 0 radical (unpaired) electrons. The van der Waals surface area contributed by atoms with Crippen molar-refractivity contribution in [2.45, 2.75) is 19.1 Å². The maximum Gasteiger partial charge on any atom is 0.407 e. The van der Waals surface area contributed by atoms with Crippen LogP contribution in [0, 0.1) is 6.92 Å². The highest BCUT2D eigenvalue weighted by Gasteiger charge is 2.41. The molecule has 6 heteroatoms. The molecule has 1 aromatic rings. The summed E-state index contributed by atoms with van der Waals surface area (Å²) < 4.78 is 47.7. The van der Waals surface area contributed by atoms with Gasteiger partial charge in [-0.15, -0.1) is 0 Å². The first kappa shape index (κ1) is 13.6. The van der Waals surface area contributed by atoms with Gasteiger partial charge < -0.3 is 15.2 Å². The van der Waals surface area contributed by atoms with Crippen molar-refractivity contribution in [1.82, 2.24) is 0 Å². The standard InChI is InChI=1S/C11H14F3NO2/c1-6-4-7(16-2)9(8(5-6)17-3)10(15)11(12,13)14/h4-5,10H,15H2,1-3H3. The highest BCUT2D eigenvalue weighted by molar-refractivity contribution is 5.50. The molecule has 1 rings (SSSR count). The fourth-order valence-corrected chi connectivity index (χ4v) is 1.54. The lowest BCUT2D eigenvalue weighted by atomic mass is 10.0. The van der Waals surface area contributed by atoms with Gasteiger partial charge in [0.2, 0.25) is 0 Å². The number of nitrogens with two attached hydrogens (primary N) is 1. The minimum Gasteiger partial charge on any atom is -0.496 e. The maximum absolute atomic E-state index is 12.6. The third-order valence-electron chi connectivity index (χ3n) is 2.35. The predicted molar refractivity (Wildman–Crippen MR) is 57.3 cm³/mol. The Bertz CT molecular complexity index is 379. The second-order valence-corrected chi connectivity index (χ2v) is 3.60. The van der Waals surface area contributed by atoms with Gasteiger partial charge >= 0.3 is 6.18 Å². The highest BCUT2D eigenvalue weighted by atomic mass is 19.4. The Morgan fingerprint density at radius 1 is 1.12 bits per heavy atom. The third-order valence-corrected chi connectivity index (χ3v) is 2.35. The topological polar surface area (TPSA) is 44.5 Å². The molecule has 17 heavy (non-hydrogen) atoms. The van der Waals surface area contributed by atoms with E-state index in [1.165, 1.54) is 26.4 Å². The summed E-state index contributed by atoms with van der Waals surface area (Å²) in [5.41, 5.74) is 5.74. The average Bonchev–Trinajstić information content (AvgIpc) is 2.25. The van der Waals surface area contributed by atoms with E-state index in [9.17, 15) is 13.2 Å². The van der Waals surface area contributed by atoms with Gasteiger partial charge in [0.25, 0.3) is 0 Å². The quantitative estimate of drug-likeness (QED) is 0.895. The van der Waals surface area contributed by atoms with Crippen LogP contribution in [0.1, 0.15) is 17.2 Å². The number of halogens is 3. The summed E-state index contributed by atoms with van der Waals surface area (Å²) >= 11 is 0. The van der Waals surface area contributed by atoms with Crippen LogP contribution in [0.2, 0.25) is 0 Å². The van der Waals surface area contributed by atoms with Crippen LogP contribution in [0.25, 0.3) is 0 Å². The second kappa shape index (κ2) is 4.83. The Hall–Kier alpha value is -1.43. The summed E-state index contributed by atoms with van der Waals surface area (Å²) in [4.78, 5) is 0. The van der Waals surface area contributed by atoms with E-state index in [-0.39, 0.29) is 17.1 Å². The summed E-state index contributed by atoms with van der Waals surface area (Å²) in [6.45, 7) is 1.73. The van der Waals surface area contributed by atoms with Gasteiger partial charge in [-0.05, 0) is 24.6 Å².